The highest BCUT2D eigenvalue weighted by atomic mass is 35.5. The minimum Gasteiger partial charge on any atom is -0.344 e. The molecule has 3 rings (SSSR count). The molecule has 0 saturated carbocycles. The maximum absolute atomic E-state index is 12.2. The van der Waals surface area contributed by atoms with Gasteiger partial charge in [0.15, 0.2) is 9.84 Å². The first-order valence-electron chi connectivity index (χ1n) is 6.61. The van der Waals surface area contributed by atoms with Crippen LogP contribution in [0.3, 0.4) is 0 Å². The SMILES string of the molecule is O=C(NC1C=CS(=O)(=O)C1)c1ccc(-c2ccc(Cl)c(Cl)c2)s1. The number of halogens is 2. The normalized spacial score (nSPS) is 19.0. The van der Waals surface area contributed by atoms with Crippen molar-refractivity contribution in [3.8, 4) is 10.4 Å². The summed E-state index contributed by atoms with van der Waals surface area (Å²) in [5, 5.41) is 4.75. The van der Waals surface area contributed by atoms with Crippen LogP contribution in [-0.4, -0.2) is 26.1 Å². The van der Waals surface area contributed by atoms with Crippen LogP contribution in [0.5, 0.6) is 0 Å². The maximum atomic E-state index is 12.2. The van der Waals surface area contributed by atoms with Crippen molar-refractivity contribution in [2.45, 2.75) is 6.04 Å². The maximum Gasteiger partial charge on any atom is 0.261 e. The molecule has 0 bridgehead atoms. The van der Waals surface area contributed by atoms with Gasteiger partial charge in [-0.25, -0.2) is 8.42 Å². The van der Waals surface area contributed by atoms with Gasteiger partial charge in [0.05, 0.1) is 26.7 Å². The molecule has 2 heterocycles. The van der Waals surface area contributed by atoms with Crippen molar-refractivity contribution in [2.75, 3.05) is 5.75 Å². The lowest BCUT2D eigenvalue weighted by Crippen LogP contribution is -2.35. The van der Waals surface area contributed by atoms with E-state index in [-0.39, 0.29) is 11.7 Å². The van der Waals surface area contributed by atoms with Crippen LogP contribution >= 0.6 is 34.5 Å². The summed E-state index contributed by atoms with van der Waals surface area (Å²) in [7, 11) is -3.19. The second kappa shape index (κ2) is 6.28. The predicted molar refractivity (Wildman–Crippen MR) is 94.0 cm³/mol. The molecule has 1 aliphatic heterocycles. The number of hydrogen-bond acceptors (Lipinski definition) is 4. The van der Waals surface area contributed by atoms with Crippen LogP contribution in [0.15, 0.2) is 41.8 Å². The van der Waals surface area contributed by atoms with Crippen molar-refractivity contribution in [2.24, 2.45) is 0 Å². The highest BCUT2D eigenvalue weighted by Gasteiger charge is 2.24. The summed E-state index contributed by atoms with van der Waals surface area (Å²) in [6.07, 6.45) is 1.49. The Labute approximate surface area is 147 Å². The lowest BCUT2D eigenvalue weighted by molar-refractivity contribution is 0.0952. The fourth-order valence-corrected chi connectivity index (χ4v) is 4.61. The first kappa shape index (κ1) is 16.5. The van der Waals surface area contributed by atoms with Gasteiger partial charge < -0.3 is 5.32 Å². The van der Waals surface area contributed by atoms with E-state index in [1.807, 2.05) is 12.1 Å². The van der Waals surface area contributed by atoms with E-state index in [9.17, 15) is 13.2 Å². The fraction of sp³-hybridized carbons (Fsp3) is 0.133. The number of sulfone groups is 1. The Morgan fingerprint density at radius 3 is 2.61 bits per heavy atom. The van der Waals surface area contributed by atoms with Crippen molar-refractivity contribution >= 4 is 50.3 Å². The number of amides is 1. The third kappa shape index (κ3) is 3.77. The van der Waals surface area contributed by atoms with Crippen LogP contribution in [0.2, 0.25) is 10.0 Å². The molecule has 4 nitrogen and oxygen atoms in total. The third-order valence-electron chi connectivity index (χ3n) is 3.28. The zero-order valence-corrected chi connectivity index (χ0v) is 14.8. The highest BCUT2D eigenvalue weighted by molar-refractivity contribution is 7.94. The summed E-state index contributed by atoms with van der Waals surface area (Å²) in [6, 6.07) is 8.30. The number of hydrogen-bond donors (Lipinski definition) is 1. The molecule has 0 saturated heterocycles. The predicted octanol–water partition coefficient (Wildman–Crippen LogP) is 3.76. The van der Waals surface area contributed by atoms with E-state index in [1.165, 1.54) is 17.4 Å². The van der Waals surface area contributed by atoms with Crippen LogP contribution < -0.4 is 5.32 Å². The monoisotopic (exact) mass is 387 g/mol. The molecule has 1 aromatic heterocycles. The molecule has 0 aliphatic carbocycles. The standard InChI is InChI=1S/C15H11Cl2NO3S2/c16-11-2-1-9(7-12(11)17)13-3-4-14(22-13)15(19)18-10-5-6-23(20,21)8-10/h1-7,10H,8H2,(H,18,19). The first-order chi connectivity index (χ1) is 10.8. The van der Waals surface area contributed by atoms with Crippen molar-refractivity contribution in [1.82, 2.24) is 5.32 Å². The molecule has 0 fully saturated rings. The molecule has 1 aromatic carbocycles. The van der Waals surface area contributed by atoms with Gasteiger partial charge in [-0.15, -0.1) is 11.3 Å². The molecule has 8 heteroatoms. The number of carbonyl (C=O) groups is 1. The molecule has 1 aliphatic rings. The molecular formula is C15H11Cl2NO3S2. The molecule has 23 heavy (non-hydrogen) atoms. The van der Waals surface area contributed by atoms with E-state index in [0.29, 0.717) is 14.9 Å². The molecular weight excluding hydrogens is 377 g/mol. The van der Waals surface area contributed by atoms with E-state index in [0.717, 1.165) is 15.8 Å². The van der Waals surface area contributed by atoms with Crippen LogP contribution in [0.1, 0.15) is 9.67 Å². The van der Waals surface area contributed by atoms with E-state index in [4.69, 9.17) is 23.2 Å². The second-order valence-corrected chi connectivity index (χ2v) is 8.86. The zero-order valence-electron chi connectivity index (χ0n) is 11.6. The highest BCUT2D eigenvalue weighted by Crippen LogP contribution is 2.32. The van der Waals surface area contributed by atoms with E-state index in [1.54, 1.807) is 18.2 Å². The quantitative estimate of drug-likeness (QED) is 0.871. The summed E-state index contributed by atoms with van der Waals surface area (Å²) >= 11 is 13.2. The third-order valence-corrected chi connectivity index (χ3v) is 6.55. The fourth-order valence-electron chi connectivity index (χ4n) is 2.17. The first-order valence-corrected chi connectivity index (χ1v) is 9.90. The summed E-state index contributed by atoms with van der Waals surface area (Å²) in [5.41, 5.74) is 0.867. The Hall–Kier alpha value is -1.34. The van der Waals surface area contributed by atoms with Crippen LogP contribution in [-0.2, 0) is 9.84 Å². The second-order valence-electron chi connectivity index (χ2n) is 5.03. The van der Waals surface area contributed by atoms with Gasteiger partial charge in [0.2, 0.25) is 0 Å². The Bertz CT molecular complexity index is 903. The van der Waals surface area contributed by atoms with Crippen LogP contribution in [0, 0.1) is 0 Å². The van der Waals surface area contributed by atoms with Gasteiger partial charge in [-0.1, -0.05) is 29.3 Å². The summed E-state index contributed by atoms with van der Waals surface area (Å²) in [5.74, 6) is -0.392. The van der Waals surface area contributed by atoms with Crippen molar-refractivity contribution < 1.29 is 13.2 Å². The summed E-state index contributed by atoms with van der Waals surface area (Å²) in [6.45, 7) is 0. The molecule has 120 valence electrons. The molecule has 1 unspecified atom stereocenters. The van der Waals surface area contributed by atoms with Crippen LogP contribution in [0.25, 0.3) is 10.4 Å². The van der Waals surface area contributed by atoms with Gasteiger partial charge in [0.1, 0.15) is 0 Å². The van der Waals surface area contributed by atoms with Crippen molar-refractivity contribution in [3.63, 3.8) is 0 Å². The topological polar surface area (TPSA) is 63.2 Å². The van der Waals surface area contributed by atoms with E-state index >= 15 is 0 Å². The Morgan fingerprint density at radius 1 is 1.17 bits per heavy atom. The number of benzene rings is 1. The van der Waals surface area contributed by atoms with Crippen LogP contribution in [0.4, 0.5) is 0 Å². The van der Waals surface area contributed by atoms with Gasteiger partial charge in [0.25, 0.3) is 5.91 Å². The zero-order chi connectivity index (χ0) is 16.6. The average Bonchev–Trinajstić information content (AvgIpc) is 3.09. The molecule has 0 spiro atoms. The lowest BCUT2D eigenvalue weighted by Gasteiger charge is -2.08. The minimum atomic E-state index is -3.19. The molecule has 1 amide bonds. The lowest BCUT2D eigenvalue weighted by atomic mass is 10.2. The summed E-state index contributed by atoms with van der Waals surface area (Å²) in [4.78, 5) is 13.6. The number of nitrogens with one attached hydrogen (secondary N) is 1. The van der Waals surface area contributed by atoms with Crippen molar-refractivity contribution in [1.29, 1.82) is 0 Å². The minimum absolute atomic E-state index is 0.0935. The smallest absolute Gasteiger partial charge is 0.261 e. The van der Waals surface area contributed by atoms with E-state index < -0.39 is 15.9 Å². The number of rotatable bonds is 3. The molecule has 1 atom stereocenters. The number of carbonyl (C=O) groups excluding carboxylic acids is 1. The number of thiophene rings is 1. The van der Waals surface area contributed by atoms with Gasteiger partial charge in [-0.3, -0.25) is 4.79 Å². The molecule has 2 aromatic rings. The molecule has 1 N–H and O–H groups in total. The Balaban J connectivity index is 1.75. The van der Waals surface area contributed by atoms with Gasteiger partial charge >= 0.3 is 0 Å². The summed E-state index contributed by atoms with van der Waals surface area (Å²) < 4.78 is 22.7. The molecule has 0 radical (unpaired) electrons. The average molecular weight is 388 g/mol. The Kier molecular flexibility index (Phi) is 4.51. The van der Waals surface area contributed by atoms with E-state index in [2.05, 4.69) is 5.32 Å². The van der Waals surface area contributed by atoms with Crippen molar-refractivity contribution in [3.05, 3.63) is 56.7 Å². The largest absolute Gasteiger partial charge is 0.344 e. The van der Waals surface area contributed by atoms with Gasteiger partial charge in [-0.2, -0.15) is 0 Å². The van der Waals surface area contributed by atoms with Gasteiger partial charge in [0, 0.05) is 10.3 Å². The Morgan fingerprint density at radius 2 is 1.96 bits per heavy atom. The van der Waals surface area contributed by atoms with Gasteiger partial charge in [-0.05, 0) is 35.9 Å².